The van der Waals surface area contributed by atoms with Crippen molar-refractivity contribution in [2.45, 2.75) is 19.9 Å². The van der Waals surface area contributed by atoms with Crippen molar-refractivity contribution in [3.05, 3.63) is 59.2 Å². The topological polar surface area (TPSA) is 84.6 Å². The Balaban J connectivity index is 1.79. The summed E-state index contributed by atoms with van der Waals surface area (Å²) in [6.07, 6.45) is 0.865. The van der Waals surface area contributed by atoms with Gasteiger partial charge in [0, 0.05) is 6.54 Å². The molecular weight excluding hydrogens is 292 g/mol. The zero-order valence-corrected chi connectivity index (χ0v) is 13.2. The van der Waals surface area contributed by atoms with Gasteiger partial charge in [-0.1, -0.05) is 18.2 Å². The molecule has 2 aromatic carbocycles. The normalized spacial score (nSPS) is 10.5. The summed E-state index contributed by atoms with van der Waals surface area (Å²) in [5, 5.41) is 12.2. The molecule has 0 heterocycles. The molecule has 0 radical (unpaired) electrons. The molecule has 0 aliphatic heterocycles. The number of anilines is 1. The fraction of sp³-hybridized carbons (Fsp3) is 0.278. The molecule has 4 N–H and O–H groups in total. The van der Waals surface area contributed by atoms with Crippen molar-refractivity contribution < 1.29 is 14.6 Å². The minimum Gasteiger partial charge on any atom is -0.492 e. The number of nitrogens with one attached hydrogen (secondary N) is 1. The lowest BCUT2D eigenvalue weighted by molar-refractivity contribution is 0.0697. The molecule has 0 atom stereocenters. The van der Waals surface area contributed by atoms with Crippen LogP contribution in [0.1, 0.15) is 28.4 Å². The molecule has 0 bridgehead atoms. The fourth-order valence-corrected chi connectivity index (χ4v) is 2.27. The first-order chi connectivity index (χ1) is 11.1. The summed E-state index contributed by atoms with van der Waals surface area (Å²) in [7, 11) is 0. The highest BCUT2D eigenvalue weighted by atomic mass is 16.5. The van der Waals surface area contributed by atoms with Crippen LogP contribution in [0, 0.1) is 0 Å². The van der Waals surface area contributed by atoms with Gasteiger partial charge in [0.1, 0.15) is 5.75 Å². The summed E-state index contributed by atoms with van der Waals surface area (Å²) < 4.78 is 5.42. The molecule has 5 nitrogen and oxygen atoms in total. The summed E-state index contributed by atoms with van der Waals surface area (Å²) in [6.45, 7) is 4.05. The third-order valence-corrected chi connectivity index (χ3v) is 3.49. The van der Waals surface area contributed by atoms with E-state index in [1.807, 2.05) is 37.3 Å². The van der Waals surface area contributed by atoms with Crippen LogP contribution in [0.3, 0.4) is 0 Å². The van der Waals surface area contributed by atoms with Crippen LogP contribution in [0.5, 0.6) is 5.75 Å². The maximum Gasteiger partial charge on any atom is 0.335 e. The van der Waals surface area contributed by atoms with Gasteiger partial charge < -0.3 is 20.9 Å². The number of hydrogen-bond acceptors (Lipinski definition) is 4. The Kier molecular flexibility index (Phi) is 6.00. The van der Waals surface area contributed by atoms with Crippen LogP contribution in [0.2, 0.25) is 0 Å². The average Bonchev–Trinajstić information content (AvgIpc) is 2.54. The molecule has 5 heteroatoms. The quantitative estimate of drug-likeness (QED) is 0.515. The van der Waals surface area contributed by atoms with Crippen LogP contribution in [0.4, 0.5) is 5.69 Å². The van der Waals surface area contributed by atoms with Crippen molar-refractivity contribution in [1.29, 1.82) is 0 Å². The van der Waals surface area contributed by atoms with E-state index in [2.05, 4.69) is 5.32 Å². The molecule has 122 valence electrons. The number of benzene rings is 2. The van der Waals surface area contributed by atoms with Gasteiger partial charge in [-0.15, -0.1) is 0 Å². The SMILES string of the molecule is CCOc1ccc(CCNCc2ccc(C(=O)O)cc2)cc1N. The first-order valence-electron chi connectivity index (χ1n) is 7.64. The number of aromatic carboxylic acids is 1. The van der Waals surface area contributed by atoms with Crippen LogP contribution >= 0.6 is 0 Å². The van der Waals surface area contributed by atoms with E-state index < -0.39 is 5.97 Å². The molecule has 0 unspecified atom stereocenters. The largest absolute Gasteiger partial charge is 0.492 e. The number of nitrogens with two attached hydrogens (primary N) is 1. The molecule has 0 fully saturated rings. The number of hydrogen-bond donors (Lipinski definition) is 3. The lowest BCUT2D eigenvalue weighted by Crippen LogP contribution is -2.16. The minimum absolute atomic E-state index is 0.304. The lowest BCUT2D eigenvalue weighted by Gasteiger charge is -2.09. The predicted octanol–water partition coefficient (Wildman–Crippen LogP) is 2.70. The van der Waals surface area contributed by atoms with Gasteiger partial charge in [-0.25, -0.2) is 4.79 Å². The van der Waals surface area contributed by atoms with Crippen LogP contribution in [-0.2, 0) is 13.0 Å². The highest BCUT2D eigenvalue weighted by molar-refractivity contribution is 5.87. The Bertz CT molecular complexity index is 654. The Morgan fingerprint density at radius 3 is 2.48 bits per heavy atom. The Morgan fingerprint density at radius 1 is 1.17 bits per heavy atom. The molecule has 0 amide bonds. The highest BCUT2D eigenvalue weighted by Gasteiger charge is 2.03. The van der Waals surface area contributed by atoms with E-state index in [4.69, 9.17) is 15.6 Å². The van der Waals surface area contributed by atoms with E-state index >= 15 is 0 Å². The first kappa shape index (κ1) is 16.8. The number of rotatable bonds is 8. The van der Waals surface area contributed by atoms with Crippen molar-refractivity contribution in [2.75, 3.05) is 18.9 Å². The number of carbonyl (C=O) groups is 1. The van der Waals surface area contributed by atoms with Gasteiger partial charge in [-0.3, -0.25) is 0 Å². The Hall–Kier alpha value is -2.53. The summed E-state index contributed by atoms with van der Waals surface area (Å²) in [6, 6.07) is 12.7. The van der Waals surface area contributed by atoms with Crippen molar-refractivity contribution in [1.82, 2.24) is 5.32 Å². The van der Waals surface area contributed by atoms with Crippen LogP contribution in [-0.4, -0.2) is 24.2 Å². The standard InChI is InChI=1S/C18H22N2O3/c1-2-23-17-8-5-13(11-16(17)19)9-10-20-12-14-3-6-15(7-4-14)18(21)22/h3-8,11,20H,2,9-10,12,19H2,1H3,(H,21,22). The van der Waals surface area contributed by atoms with Crippen molar-refractivity contribution in [3.8, 4) is 5.75 Å². The van der Waals surface area contributed by atoms with Gasteiger partial charge in [-0.2, -0.15) is 0 Å². The number of nitrogen functional groups attached to an aromatic ring is 1. The van der Waals surface area contributed by atoms with Crippen molar-refractivity contribution >= 4 is 11.7 Å². The van der Waals surface area contributed by atoms with Gasteiger partial charge in [0.15, 0.2) is 0 Å². The number of ether oxygens (including phenoxy) is 1. The molecule has 0 saturated heterocycles. The van der Waals surface area contributed by atoms with E-state index in [1.54, 1.807) is 12.1 Å². The second-order valence-corrected chi connectivity index (χ2v) is 5.23. The third kappa shape index (κ3) is 5.00. The summed E-state index contributed by atoms with van der Waals surface area (Å²) in [4.78, 5) is 10.8. The molecule has 2 aromatic rings. The predicted molar refractivity (Wildman–Crippen MR) is 90.8 cm³/mol. The first-order valence-corrected chi connectivity index (χ1v) is 7.64. The van der Waals surface area contributed by atoms with Gasteiger partial charge in [0.2, 0.25) is 0 Å². The fourth-order valence-electron chi connectivity index (χ4n) is 2.27. The molecule has 2 rings (SSSR count). The smallest absolute Gasteiger partial charge is 0.335 e. The van der Waals surface area contributed by atoms with Crippen molar-refractivity contribution in [3.63, 3.8) is 0 Å². The van der Waals surface area contributed by atoms with Crippen LogP contribution < -0.4 is 15.8 Å². The van der Waals surface area contributed by atoms with Crippen LogP contribution in [0.15, 0.2) is 42.5 Å². The average molecular weight is 314 g/mol. The molecule has 0 aliphatic carbocycles. The second kappa shape index (κ2) is 8.19. The minimum atomic E-state index is -0.905. The Labute approximate surface area is 136 Å². The van der Waals surface area contributed by atoms with E-state index in [9.17, 15) is 4.79 Å². The molecule has 0 spiro atoms. The zero-order valence-electron chi connectivity index (χ0n) is 13.2. The van der Waals surface area contributed by atoms with Crippen LogP contribution in [0.25, 0.3) is 0 Å². The van der Waals surface area contributed by atoms with Gasteiger partial charge in [-0.05, 0) is 55.3 Å². The van der Waals surface area contributed by atoms with Gasteiger partial charge in [0.05, 0.1) is 17.9 Å². The zero-order chi connectivity index (χ0) is 16.7. The third-order valence-electron chi connectivity index (χ3n) is 3.49. The lowest BCUT2D eigenvalue weighted by atomic mass is 10.1. The summed E-state index contributed by atoms with van der Waals surface area (Å²) in [5.74, 6) is -0.180. The van der Waals surface area contributed by atoms with Gasteiger partial charge in [0.25, 0.3) is 0 Å². The second-order valence-electron chi connectivity index (χ2n) is 5.23. The van der Waals surface area contributed by atoms with E-state index in [0.29, 0.717) is 24.4 Å². The monoisotopic (exact) mass is 314 g/mol. The molecule has 0 aliphatic rings. The molecule has 23 heavy (non-hydrogen) atoms. The van der Waals surface area contributed by atoms with Crippen molar-refractivity contribution in [2.24, 2.45) is 0 Å². The molecule has 0 saturated carbocycles. The summed E-state index contributed by atoms with van der Waals surface area (Å²) in [5.41, 5.74) is 9.12. The molecular formula is C18H22N2O3. The maximum absolute atomic E-state index is 10.8. The number of carboxylic acid groups (broad SMARTS) is 1. The Morgan fingerprint density at radius 2 is 1.87 bits per heavy atom. The maximum atomic E-state index is 10.8. The van der Waals surface area contributed by atoms with E-state index in [-0.39, 0.29) is 0 Å². The highest BCUT2D eigenvalue weighted by Crippen LogP contribution is 2.22. The number of carboxylic acids is 1. The molecule has 0 aromatic heterocycles. The van der Waals surface area contributed by atoms with Gasteiger partial charge >= 0.3 is 5.97 Å². The summed E-state index contributed by atoms with van der Waals surface area (Å²) >= 11 is 0. The van der Waals surface area contributed by atoms with E-state index in [1.165, 1.54) is 0 Å². The van der Waals surface area contributed by atoms with E-state index in [0.717, 1.165) is 29.8 Å².